The summed E-state index contributed by atoms with van der Waals surface area (Å²) in [5, 5.41) is 26.5. The number of aromatic nitrogens is 1. The summed E-state index contributed by atoms with van der Waals surface area (Å²) in [6.07, 6.45) is -1.70. The fourth-order valence-electron chi connectivity index (χ4n) is 3.88. The van der Waals surface area contributed by atoms with Crippen molar-refractivity contribution in [3.8, 4) is 5.75 Å². The van der Waals surface area contributed by atoms with Gasteiger partial charge >= 0.3 is 16.3 Å². The van der Waals surface area contributed by atoms with E-state index in [1.807, 2.05) is 0 Å². The van der Waals surface area contributed by atoms with Gasteiger partial charge in [-0.05, 0) is 45.0 Å². The monoisotopic (exact) mass is 626 g/mol. The SMILES string of the molecule is Cc1sc(N)nc1/C(=N/OC(COc1ccc(C(=N)NCCN)cc1)C(=O)O)C(=O)N[C@@H]1C(=O)N(S(=O)(=O)O)C1(C)C. The van der Waals surface area contributed by atoms with Crippen molar-refractivity contribution in [2.24, 2.45) is 10.9 Å². The van der Waals surface area contributed by atoms with Crippen LogP contribution in [-0.4, -0.2) is 94.1 Å². The molecule has 17 nitrogen and oxygen atoms in total. The summed E-state index contributed by atoms with van der Waals surface area (Å²) in [5.41, 5.74) is 9.58. The molecule has 0 radical (unpaired) electrons. The molecule has 2 heterocycles. The number of hydrogen-bond acceptors (Lipinski definition) is 13. The molecule has 228 valence electrons. The number of aryl methyl sites for hydroxylation is 1. The third kappa shape index (κ3) is 7.11. The van der Waals surface area contributed by atoms with Crippen LogP contribution < -0.4 is 26.8 Å². The zero-order valence-corrected chi connectivity index (χ0v) is 24.3. The summed E-state index contributed by atoms with van der Waals surface area (Å²) in [4.78, 5) is 47.1. The first-order valence-electron chi connectivity index (χ1n) is 12.2. The summed E-state index contributed by atoms with van der Waals surface area (Å²) >= 11 is 1.01. The molecule has 1 unspecified atom stereocenters. The van der Waals surface area contributed by atoms with Gasteiger partial charge in [-0.15, -0.1) is 11.3 Å². The van der Waals surface area contributed by atoms with Crippen molar-refractivity contribution < 1.29 is 42.0 Å². The van der Waals surface area contributed by atoms with Gasteiger partial charge in [0.25, 0.3) is 17.9 Å². The standard InChI is InChI=1S/C23H30N8O9S2/c1-11-15(28-22(26)41-11)16(19(32)29-17-20(33)31(23(17,2)3)42(36,37)38)30-40-14(21(34)35)10-39-13-6-4-12(5-7-13)18(25)27-9-8-24/h4-7,14,17H,8-10,24H2,1-3H3,(H2,25,27)(H2,26,28)(H,29,32)(H,34,35)(H,36,37,38)/b30-16-/t14?,17-/m1/s1. The number of hydrogen-bond donors (Lipinski definition) is 7. The highest BCUT2D eigenvalue weighted by atomic mass is 32.2. The minimum atomic E-state index is -4.89. The molecule has 1 aliphatic rings. The Morgan fingerprint density at radius 3 is 2.45 bits per heavy atom. The van der Waals surface area contributed by atoms with Gasteiger partial charge in [-0.25, -0.2) is 14.1 Å². The van der Waals surface area contributed by atoms with E-state index in [-0.39, 0.29) is 26.7 Å². The molecular formula is C23H30N8O9S2. The summed E-state index contributed by atoms with van der Waals surface area (Å²) in [6, 6.07) is 4.82. The minimum absolute atomic E-state index is 0.0578. The van der Waals surface area contributed by atoms with E-state index in [1.54, 1.807) is 19.1 Å². The number of ether oxygens (including phenoxy) is 1. The van der Waals surface area contributed by atoms with Gasteiger partial charge in [-0.2, -0.15) is 8.42 Å². The Kier molecular flexibility index (Phi) is 9.71. The first-order valence-corrected chi connectivity index (χ1v) is 14.4. The molecule has 2 aromatic rings. The van der Waals surface area contributed by atoms with E-state index < -0.39 is 58.1 Å². The number of nitrogen functional groups attached to an aromatic ring is 1. The van der Waals surface area contributed by atoms with Crippen molar-refractivity contribution in [1.29, 1.82) is 5.41 Å². The maximum absolute atomic E-state index is 13.2. The van der Waals surface area contributed by atoms with E-state index in [4.69, 9.17) is 26.5 Å². The quantitative estimate of drug-likeness (QED) is 0.0466. The Morgan fingerprint density at radius 2 is 1.95 bits per heavy atom. The molecule has 19 heteroatoms. The van der Waals surface area contributed by atoms with E-state index >= 15 is 0 Å². The van der Waals surface area contributed by atoms with Crippen LogP contribution >= 0.6 is 11.3 Å². The fourth-order valence-corrected chi connectivity index (χ4v) is 5.61. The molecule has 0 aliphatic carbocycles. The molecule has 1 aromatic carbocycles. The average molecular weight is 627 g/mol. The number of nitrogens with zero attached hydrogens (tertiary/aromatic N) is 3. The van der Waals surface area contributed by atoms with Gasteiger partial charge in [0.15, 0.2) is 10.8 Å². The number of carbonyl (C=O) groups is 3. The van der Waals surface area contributed by atoms with Crippen LogP contribution in [0.1, 0.15) is 30.0 Å². The zero-order valence-electron chi connectivity index (χ0n) is 22.7. The maximum Gasteiger partial charge on any atom is 0.362 e. The smallest absolute Gasteiger partial charge is 0.362 e. The van der Waals surface area contributed by atoms with Crippen LogP contribution in [-0.2, 0) is 29.5 Å². The highest BCUT2D eigenvalue weighted by molar-refractivity contribution is 7.84. The van der Waals surface area contributed by atoms with Gasteiger partial charge in [0.2, 0.25) is 0 Å². The number of thiazole rings is 1. The second-order valence-electron chi connectivity index (χ2n) is 9.40. The van der Waals surface area contributed by atoms with Gasteiger partial charge in [0.1, 0.15) is 29.9 Å². The molecule has 9 N–H and O–H groups in total. The molecule has 0 spiro atoms. The summed E-state index contributed by atoms with van der Waals surface area (Å²) in [7, 11) is -4.89. The number of carboxylic acid groups (broad SMARTS) is 1. The van der Waals surface area contributed by atoms with Crippen LogP contribution in [0, 0.1) is 12.3 Å². The molecule has 1 fully saturated rings. The number of nitrogens with one attached hydrogen (secondary N) is 3. The van der Waals surface area contributed by atoms with E-state index in [1.165, 1.54) is 26.0 Å². The Hall–Kier alpha value is -4.33. The Labute approximate surface area is 244 Å². The molecular weight excluding hydrogens is 596 g/mol. The second-order valence-corrected chi connectivity index (χ2v) is 11.9. The third-order valence-corrected chi connectivity index (χ3v) is 7.88. The Morgan fingerprint density at radius 1 is 1.31 bits per heavy atom. The van der Waals surface area contributed by atoms with Crippen molar-refractivity contribution in [2.45, 2.75) is 38.5 Å². The lowest BCUT2D eigenvalue weighted by atomic mass is 9.85. The third-order valence-electron chi connectivity index (χ3n) is 5.97. The number of nitrogens with two attached hydrogens (primary N) is 2. The van der Waals surface area contributed by atoms with Crippen LogP contribution in [0.15, 0.2) is 29.4 Å². The molecule has 42 heavy (non-hydrogen) atoms. The van der Waals surface area contributed by atoms with Crippen LogP contribution in [0.2, 0.25) is 0 Å². The number of β-lactam (4-membered cyclic amide) rings is 1. The second kappa shape index (κ2) is 12.7. The first kappa shape index (κ1) is 32.2. The molecule has 2 atom stereocenters. The Balaban J connectivity index is 1.78. The minimum Gasteiger partial charge on any atom is -0.489 e. The van der Waals surface area contributed by atoms with E-state index in [2.05, 4.69) is 20.8 Å². The van der Waals surface area contributed by atoms with Crippen LogP contribution in [0.4, 0.5) is 5.13 Å². The number of amides is 2. The number of carbonyl (C=O) groups excluding carboxylic acids is 2. The predicted octanol–water partition coefficient (Wildman–Crippen LogP) is -0.931. The lowest BCUT2D eigenvalue weighted by Crippen LogP contribution is -2.77. The lowest BCUT2D eigenvalue weighted by molar-refractivity contribution is -0.152. The van der Waals surface area contributed by atoms with Crippen molar-refractivity contribution in [2.75, 3.05) is 25.4 Å². The van der Waals surface area contributed by atoms with Crippen molar-refractivity contribution in [1.82, 2.24) is 19.9 Å². The van der Waals surface area contributed by atoms with E-state index in [9.17, 15) is 32.5 Å². The first-order chi connectivity index (χ1) is 19.6. The van der Waals surface area contributed by atoms with Gasteiger partial charge in [0.05, 0.1) is 5.54 Å². The average Bonchev–Trinajstić information content (AvgIpc) is 3.23. The van der Waals surface area contributed by atoms with Gasteiger partial charge in [-0.1, -0.05) is 5.16 Å². The van der Waals surface area contributed by atoms with Crippen LogP contribution in [0.5, 0.6) is 5.75 Å². The fraction of sp³-hybridized carbons (Fsp3) is 0.391. The van der Waals surface area contributed by atoms with Crippen molar-refractivity contribution >= 4 is 56.1 Å². The van der Waals surface area contributed by atoms with Gasteiger partial charge in [-0.3, -0.25) is 19.6 Å². The number of aliphatic carboxylic acids is 1. The molecule has 3 rings (SSSR count). The van der Waals surface area contributed by atoms with Crippen molar-refractivity contribution in [3.05, 3.63) is 40.4 Å². The lowest BCUT2D eigenvalue weighted by Gasteiger charge is -2.50. The molecule has 1 aliphatic heterocycles. The normalized spacial score (nSPS) is 17.2. The van der Waals surface area contributed by atoms with Gasteiger partial charge < -0.3 is 36.8 Å². The highest BCUT2D eigenvalue weighted by Crippen LogP contribution is 2.34. The van der Waals surface area contributed by atoms with Crippen LogP contribution in [0.25, 0.3) is 0 Å². The summed E-state index contributed by atoms with van der Waals surface area (Å²) < 4.78 is 38.2. The van der Waals surface area contributed by atoms with E-state index in [0.717, 1.165) is 11.3 Å². The Bertz CT molecular complexity index is 1510. The number of amidine groups is 1. The van der Waals surface area contributed by atoms with Crippen LogP contribution in [0.3, 0.4) is 0 Å². The maximum atomic E-state index is 13.2. The largest absolute Gasteiger partial charge is 0.489 e. The topological polar surface area (TPSA) is 273 Å². The molecule has 0 saturated carbocycles. The molecule has 1 saturated heterocycles. The predicted molar refractivity (Wildman–Crippen MR) is 151 cm³/mol. The molecule has 1 aromatic heterocycles. The summed E-state index contributed by atoms with van der Waals surface area (Å²) in [5.74, 6) is -3.21. The number of carboxylic acids is 1. The van der Waals surface area contributed by atoms with Crippen molar-refractivity contribution in [3.63, 3.8) is 0 Å². The number of benzene rings is 1. The molecule has 2 amide bonds. The number of oxime groups is 1. The zero-order chi connectivity index (χ0) is 31.4. The van der Waals surface area contributed by atoms with E-state index in [0.29, 0.717) is 23.5 Å². The number of rotatable bonds is 13. The summed E-state index contributed by atoms with van der Waals surface area (Å²) in [6.45, 7) is 4.40. The number of anilines is 1. The highest BCUT2D eigenvalue weighted by Gasteiger charge is 2.60. The molecule has 0 bridgehead atoms. The van der Waals surface area contributed by atoms with Gasteiger partial charge in [0, 0.05) is 23.5 Å².